The molecule has 2 saturated heterocycles. The number of aromatic nitrogens is 3. The average Bonchev–Trinajstić information content (AvgIpc) is 2.98. The normalized spacial score (nSPS) is 22.6. The third kappa shape index (κ3) is 3.16. The molecule has 1 aromatic rings. The summed E-state index contributed by atoms with van der Waals surface area (Å²) in [5, 5.41) is 0.156. The molecule has 1 aromatic heterocycles. The SMILES string of the molecule is NC(=O)C1CCN(c2nc(Cl)nc(N3CCOCC3)n2)C1. The number of ether oxygens (including phenoxy) is 1. The Bertz CT molecular complexity index is 536. The Hall–Kier alpha value is -1.67. The van der Waals surface area contributed by atoms with Crippen LogP contribution >= 0.6 is 11.6 Å². The Morgan fingerprint density at radius 3 is 2.43 bits per heavy atom. The van der Waals surface area contributed by atoms with Crippen LogP contribution in [0.2, 0.25) is 5.28 Å². The zero-order valence-electron chi connectivity index (χ0n) is 11.5. The molecule has 2 fully saturated rings. The molecule has 0 spiro atoms. The number of carbonyl (C=O) groups is 1. The minimum Gasteiger partial charge on any atom is -0.378 e. The Labute approximate surface area is 127 Å². The van der Waals surface area contributed by atoms with E-state index in [1.807, 2.05) is 9.80 Å². The first-order valence-corrected chi connectivity index (χ1v) is 7.30. The largest absolute Gasteiger partial charge is 0.378 e. The summed E-state index contributed by atoms with van der Waals surface area (Å²) in [5.41, 5.74) is 5.35. The molecule has 0 aromatic carbocycles. The van der Waals surface area contributed by atoms with Crippen molar-refractivity contribution in [1.29, 1.82) is 0 Å². The fraction of sp³-hybridized carbons (Fsp3) is 0.667. The van der Waals surface area contributed by atoms with E-state index in [9.17, 15) is 4.79 Å². The van der Waals surface area contributed by atoms with E-state index in [-0.39, 0.29) is 17.1 Å². The highest BCUT2D eigenvalue weighted by Crippen LogP contribution is 2.23. The molecular formula is C12H17ClN6O2. The number of anilines is 2. The van der Waals surface area contributed by atoms with E-state index in [4.69, 9.17) is 22.1 Å². The third-order valence-corrected chi connectivity index (χ3v) is 3.92. The fourth-order valence-corrected chi connectivity index (χ4v) is 2.70. The van der Waals surface area contributed by atoms with Gasteiger partial charge in [-0.3, -0.25) is 4.79 Å². The highest BCUT2D eigenvalue weighted by Gasteiger charge is 2.29. The molecule has 1 amide bonds. The number of hydrogen-bond acceptors (Lipinski definition) is 7. The second kappa shape index (κ2) is 5.98. The third-order valence-electron chi connectivity index (χ3n) is 3.75. The Balaban J connectivity index is 1.79. The van der Waals surface area contributed by atoms with Crippen LogP contribution in [0, 0.1) is 5.92 Å². The molecule has 0 saturated carbocycles. The molecule has 2 aliphatic heterocycles. The number of halogens is 1. The van der Waals surface area contributed by atoms with Crippen LogP contribution in [0.1, 0.15) is 6.42 Å². The molecule has 3 heterocycles. The van der Waals surface area contributed by atoms with E-state index in [2.05, 4.69) is 15.0 Å². The molecule has 0 radical (unpaired) electrons. The van der Waals surface area contributed by atoms with Crippen molar-refractivity contribution in [2.75, 3.05) is 49.2 Å². The van der Waals surface area contributed by atoms with Crippen LogP contribution in [0.4, 0.5) is 11.9 Å². The summed E-state index contributed by atoms with van der Waals surface area (Å²) in [6.45, 7) is 3.96. The summed E-state index contributed by atoms with van der Waals surface area (Å²) in [4.78, 5) is 28.0. The second-order valence-corrected chi connectivity index (χ2v) is 5.48. The minimum absolute atomic E-state index is 0.156. The van der Waals surface area contributed by atoms with Gasteiger partial charge >= 0.3 is 0 Å². The van der Waals surface area contributed by atoms with Gasteiger partial charge in [-0.15, -0.1) is 0 Å². The maximum atomic E-state index is 11.3. The van der Waals surface area contributed by atoms with Gasteiger partial charge in [0.05, 0.1) is 19.1 Å². The molecule has 8 nitrogen and oxygen atoms in total. The maximum Gasteiger partial charge on any atom is 0.231 e. The lowest BCUT2D eigenvalue weighted by Gasteiger charge is -2.27. The smallest absolute Gasteiger partial charge is 0.231 e. The van der Waals surface area contributed by atoms with Gasteiger partial charge in [0.25, 0.3) is 0 Å². The van der Waals surface area contributed by atoms with Crippen LogP contribution in [-0.2, 0) is 9.53 Å². The van der Waals surface area contributed by atoms with Crippen LogP contribution in [0.5, 0.6) is 0 Å². The molecule has 9 heteroatoms. The Morgan fingerprint density at radius 1 is 1.14 bits per heavy atom. The first-order chi connectivity index (χ1) is 10.1. The highest BCUT2D eigenvalue weighted by molar-refractivity contribution is 6.28. The molecule has 21 heavy (non-hydrogen) atoms. The molecule has 0 bridgehead atoms. The molecule has 2 N–H and O–H groups in total. The zero-order chi connectivity index (χ0) is 14.8. The lowest BCUT2D eigenvalue weighted by Crippen LogP contribution is -2.38. The van der Waals surface area contributed by atoms with E-state index in [1.165, 1.54) is 0 Å². The molecular weight excluding hydrogens is 296 g/mol. The predicted molar refractivity (Wildman–Crippen MR) is 77.4 cm³/mol. The summed E-state index contributed by atoms with van der Waals surface area (Å²) in [5.74, 6) is 0.606. The van der Waals surface area contributed by atoms with Crippen molar-refractivity contribution < 1.29 is 9.53 Å². The average molecular weight is 313 g/mol. The summed E-state index contributed by atoms with van der Waals surface area (Å²) in [6, 6.07) is 0. The molecule has 1 atom stereocenters. The lowest BCUT2D eigenvalue weighted by atomic mass is 10.1. The van der Waals surface area contributed by atoms with Crippen molar-refractivity contribution in [1.82, 2.24) is 15.0 Å². The molecule has 3 rings (SSSR count). The van der Waals surface area contributed by atoms with Gasteiger partial charge in [-0.1, -0.05) is 0 Å². The number of rotatable bonds is 3. The van der Waals surface area contributed by atoms with E-state index >= 15 is 0 Å². The van der Waals surface area contributed by atoms with Gasteiger partial charge in [0.1, 0.15) is 0 Å². The van der Waals surface area contributed by atoms with Crippen LogP contribution in [0.25, 0.3) is 0 Å². The van der Waals surface area contributed by atoms with Crippen molar-refractivity contribution >= 4 is 29.4 Å². The van der Waals surface area contributed by atoms with E-state index < -0.39 is 0 Å². The standard InChI is InChI=1S/C12H17ClN6O2/c13-10-15-11(18-3-5-21-6-4-18)17-12(16-10)19-2-1-8(7-19)9(14)20/h8H,1-7H2,(H2,14,20). The summed E-state index contributed by atoms with van der Waals surface area (Å²) >= 11 is 6.01. The number of nitrogens with two attached hydrogens (primary N) is 1. The van der Waals surface area contributed by atoms with E-state index in [0.717, 1.165) is 13.1 Å². The minimum atomic E-state index is -0.286. The Kier molecular flexibility index (Phi) is 4.07. The van der Waals surface area contributed by atoms with Gasteiger partial charge in [-0.2, -0.15) is 15.0 Å². The fourth-order valence-electron chi connectivity index (χ4n) is 2.55. The lowest BCUT2D eigenvalue weighted by molar-refractivity contribution is -0.121. The van der Waals surface area contributed by atoms with Crippen molar-refractivity contribution in [3.05, 3.63) is 5.28 Å². The van der Waals surface area contributed by atoms with Gasteiger partial charge in [0.15, 0.2) is 0 Å². The van der Waals surface area contributed by atoms with Gasteiger partial charge in [0, 0.05) is 26.2 Å². The van der Waals surface area contributed by atoms with Gasteiger partial charge in [0.2, 0.25) is 23.1 Å². The quantitative estimate of drug-likeness (QED) is 0.816. The molecule has 0 aliphatic carbocycles. The summed E-state index contributed by atoms with van der Waals surface area (Å²) in [7, 11) is 0. The van der Waals surface area contributed by atoms with Crippen LogP contribution in [-0.4, -0.2) is 60.3 Å². The predicted octanol–water partition coefficient (Wildman–Crippen LogP) is -0.327. The number of hydrogen-bond donors (Lipinski definition) is 1. The first-order valence-electron chi connectivity index (χ1n) is 6.92. The number of nitrogens with zero attached hydrogens (tertiary/aromatic N) is 5. The second-order valence-electron chi connectivity index (χ2n) is 5.14. The van der Waals surface area contributed by atoms with Gasteiger partial charge in [-0.05, 0) is 18.0 Å². The monoisotopic (exact) mass is 312 g/mol. The molecule has 114 valence electrons. The number of morpholine rings is 1. The molecule has 1 unspecified atom stereocenters. The summed E-state index contributed by atoms with van der Waals surface area (Å²) < 4.78 is 5.31. The topological polar surface area (TPSA) is 97.5 Å². The number of carbonyl (C=O) groups excluding carboxylic acids is 1. The number of primary amides is 1. The van der Waals surface area contributed by atoms with Crippen molar-refractivity contribution in [2.24, 2.45) is 11.7 Å². The maximum absolute atomic E-state index is 11.3. The van der Waals surface area contributed by atoms with Gasteiger partial charge < -0.3 is 20.3 Å². The number of amides is 1. The highest BCUT2D eigenvalue weighted by atomic mass is 35.5. The zero-order valence-corrected chi connectivity index (χ0v) is 12.3. The van der Waals surface area contributed by atoms with E-state index in [1.54, 1.807) is 0 Å². The van der Waals surface area contributed by atoms with E-state index in [0.29, 0.717) is 44.6 Å². The van der Waals surface area contributed by atoms with Crippen molar-refractivity contribution in [2.45, 2.75) is 6.42 Å². The van der Waals surface area contributed by atoms with Crippen LogP contribution in [0.15, 0.2) is 0 Å². The summed E-state index contributed by atoms with van der Waals surface area (Å²) in [6.07, 6.45) is 0.714. The van der Waals surface area contributed by atoms with Crippen LogP contribution in [0.3, 0.4) is 0 Å². The molecule has 2 aliphatic rings. The van der Waals surface area contributed by atoms with Gasteiger partial charge in [-0.25, -0.2) is 0 Å². The Morgan fingerprint density at radius 2 is 1.81 bits per heavy atom. The van der Waals surface area contributed by atoms with Crippen LogP contribution < -0.4 is 15.5 Å². The van der Waals surface area contributed by atoms with Crippen molar-refractivity contribution in [3.63, 3.8) is 0 Å². The first kappa shape index (κ1) is 14.3. The van der Waals surface area contributed by atoms with Crippen molar-refractivity contribution in [3.8, 4) is 0 Å².